The molecule has 0 spiro atoms. The molecule has 26 heavy (non-hydrogen) atoms. The van der Waals surface area contributed by atoms with E-state index in [0.29, 0.717) is 5.02 Å². The number of amides is 2. The zero-order chi connectivity index (χ0) is 19.1. The first-order valence-corrected chi connectivity index (χ1v) is 9.34. The van der Waals surface area contributed by atoms with Crippen LogP contribution in [0.4, 0.5) is 5.69 Å². The van der Waals surface area contributed by atoms with Crippen LogP contribution in [0.5, 0.6) is 0 Å². The van der Waals surface area contributed by atoms with Gasteiger partial charge in [0.25, 0.3) is 0 Å². The SMILES string of the molecule is Cc1cc(Br)ccc1NC(=O)CNC(=O)CNC(C)c1ccccc1Cl. The van der Waals surface area contributed by atoms with Gasteiger partial charge in [0.2, 0.25) is 11.8 Å². The molecule has 0 heterocycles. The highest BCUT2D eigenvalue weighted by Crippen LogP contribution is 2.22. The van der Waals surface area contributed by atoms with Gasteiger partial charge in [0, 0.05) is 21.2 Å². The Morgan fingerprint density at radius 2 is 1.85 bits per heavy atom. The Hall–Kier alpha value is -1.89. The first-order chi connectivity index (χ1) is 12.4. The second kappa shape index (κ2) is 9.71. The Balaban J connectivity index is 1.76. The van der Waals surface area contributed by atoms with Gasteiger partial charge >= 0.3 is 0 Å². The third-order valence-electron chi connectivity index (χ3n) is 3.85. The standard InChI is InChI=1S/C19H21BrClN3O2/c1-12-9-14(20)7-8-17(12)24-19(26)11-23-18(25)10-22-13(2)15-5-3-4-6-16(15)21/h3-9,13,22H,10-11H2,1-2H3,(H,23,25)(H,24,26). The van der Waals surface area contributed by atoms with Gasteiger partial charge in [0.1, 0.15) is 0 Å². The fraction of sp³-hybridized carbons (Fsp3) is 0.263. The predicted octanol–water partition coefficient (Wildman–Crippen LogP) is 3.82. The molecular formula is C19H21BrClN3O2. The minimum absolute atomic E-state index is 0.0753. The molecule has 0 aliphatic rings. The molecule has 2 rings (SSSR count). The monoisotopic (exact) mass is 437 g/mol. The molecule has 5 nitrogen and oxygen atoms in total. The van der Waals surface area contributed by atoms with Crippen molar-refractivity contribution in [2.75, 3.05) is 18.4 Å². The molecule has 0 fully saturated rings. The third kappa shape index (κ3) is 6.12. The quantitative estimate of drug-likeness (QED) is 0.615. The second-order valence-corrected chi connectivity index (χ2v) is 7.23. The van der Waals surface area contributed by atoms with Crippen molar-refractivity contribution < 1.29 is 9.59 Å². The number of halogens is 2. The smallest absolute Gasteiger partial charge is 0.243 e. The lowest BCUT2D eigenvalue weighted by atomic mass is 10.1. The third-order valence-corrected chi connectivity index (χ3v) is 4.69. The fourth-order valence-electron chi connectivity index (χ4n) is 2.39. The summed E-state index contributed by atoms with van der Waals surface area (Å²) in [5.41, 5.74) is 2.58. The molecule has 1 atom stereocenters. The normalized spacial score (nSPS) is 11.7. The van der Waals surface area contributed by atoms with Crippen LogP contribution in [-0.4, -0.2) is 24.9 Å². The van der Waals surface area contributed by atoms with Crippen LogP contribution in [0.2, 0.25) is 5.02 Å². The first-order valence-electron chi connectivity index (χ1n) is 8.17. The molecule has 138 valence electrons. The molecular weight excluding hydrogens is 418 g/mol. The van der Waals surface area contributed by atoms with Crippen molar-refractivity contribution in [1.29, 1.82) is 0 Å². The molecule has 7 heteroatoms. The number of benzene rings is 2. The number of rotatable bonds is 7. The van der Waals surface area contributed by atoms with Gasteiger partial charge in [0.15, 0.2) is 0 Å². The molecule has 0 aromatic heterocycles. The van der Waals surface area contributed by atoms with Crippen molar-refractivity contribution in [3.8, 4) is 0 Å². The van der Waals surface area contributed by atoms with Gasteiger partial charge in [-0.05, 0) is 49.2 Å². The van der Waals surface area contributed by atoms with E-state index >= 15 is 0 Å². The van der Waals surface area contributed by atoms with E-state index in [1.54, 1.807) is 0 Å². The van der Waals surface area contributed by atoms with E-state index in [0.717, 1.165) is 21.3 Å². The van der Waals surface area contributed by atoms with Gasteiger partial charge in [-0.15, -0.1) is 0 Å². The van der Waals surface area contributed by atoms with Crippen molar-refractivity contribution >= 4 is 45.0 Å². The van der Waals surface area contributed by atoms with Crippen molar-refractivity contribution in [2.45, 2.75) is 19.9 Å². The Labute approximate surface area is 166 Å². The van der Waals surface area contributed by atoms with E-state index in [-0.39, 0.29) is 30.9 Å². The van der Waals surface area contributed by atoms with Gasteiger partial charge in [-0.3, -0.25) is 9.59 Å². The van der Waals surface area contributed by atoms with E-state index < -0.39 is 0 Å². The Morgan fingerprint density at radius 3 is 2.54 bits per heavy atom. The summed E-state index contributed by atoms with van der Waals surface area (Å²) < 4.78 is 0.944. The molecule has 0 aliphatic carbocycles. The van der Waals surface area contributed by atoms with Crippen LogP contribution >= 0.6 is 27.5 Å². The van der Waals surface area contributed by atoms with Crippen molar-refractivity contribution in [2.24, 2.45) is 0 Å². The molecule has 2 amide bonds. The van der Waals surface area contributed by atoms with Crippen LogP contribution < -0.4 is 16.0 Å². The van der Waals surface area contributed by atoms with Gasteiger partial charge in [0.05, 0.1) is 13.1 Å². The Kier molecular flexibility index (Phi) is 7.63. The number of hydrogen-bond donors (Lipinski definition) is 3. The highest BCUT2D eigenvalue weighted by molar-refractivity contribution is 9.10. The highest BCUT2D eigenvalue weighted by Gasteiger charge is 2.11. The van der Waals surface area contributed by atoms with Gasteiger partial charge in [-0.25, -0.2) is 0 Å². The average Bonchev–Trinajstić information content (AvgIpc) is 2.60. The van der Waals surface area contributed by atoms with E-state index in [4.69, 9.17) is 11.6 Å². The van der Waals surface area contributed by atoms with Gasteiger partial charge < -0.3 is 16.0 Å². The van der Waals surface area contributed by atoms with Gasteiger partial charge in [-0.1, -0.05) is 45.7 Å². The number of nitrogens with one attached hydrogen (secondary N) is 3. The maximum atomic E-state index is 12.0. The number of carbonyl (C=O) groups excluding carboxylic acids is 2. The molecule has 0 bridgehead atoms. The Bertz CT molecular complexity index is 798. The lowest BCUT2D eigenvalue weighted by Crippen LogP contribution is -2.39. The molecule has 0 radical (unpaired) electrons. The maximum absolute atomic E-state index is 12.0. The Morgan fingerprint density at radius 1 is 1.12 bits per heavy atom. The van der Waals surface area contributed by atoms with Crippen LogP contribution in [-0.2, 0) is 9.59 Å². The summed E-state index contributed by atoms with van der Waals surface area (Å²) in [6, 6.07) is 13.0. The topological polar surface area (TPSA) is 70.2 Å². The van der Waals surface area contributed by atoms with Crippen LogP contribution in [0, 0.1) is 6.92 Å². The predicted molar refractivity (Wildman–Crippen MR) is 108 cm³/mol. The zero-order valence-electron chi connectivity index (χ0n) is 14.6. The zero-order valence-corrected chi connectivity index (χ0v) is 16.9. The molecule has 1 unspecified atom stereocenters. The highest BCUT2D eigenvalue weighted by atomic mass is 79.9. The van der Waals surface area contributed by atoms with Crippen LogP contribution in [0.3, 0.4) is 0 Å². The minimum Gasteiger partial charge on any atom is -0.346 e. The van der Waals surface area contributed by atoms with Crippen molar-refractivity contribution in [3.05, 3.63) is 63.1 Å². The second-order valence-electron chi connectivity index (χ2n) is 5.91. The molecule has 0 aliphatic heterocycles. The summed E-state index contributed by atoms with van der Waals surface area (Å²) in [4.78, 5) is 23.9. The van der Waals surface area contributed by atoms with Crippen molar-refractivity contribution in [3.63, 3.8) is 0 Å². The molecule has 2 aromatic rings. The number of carbonyl (C=O) groups is 2. The van der Waals surface area contributed by atoms with E-state index in [9.17, 15) is 9.59 Å². The largest absolute Gasteiger partial charge is 0.346 e. The van der Waals surface area contributed by atoms with Crippen LogP contribution in [0.1, 0.15) is 24.1 Å². The first kappa shape index (κ1) is 20.4. The molecule has 3 N–H and O–H groups in total. The summed E-state index contributed by atoms with van der Waals surface area (Å²) in [6.45, 7) is 3.84. The maximum Gasteiger partial charge on any atom is 0.243 e. The van der Waals surface area contributed by atoms with E-state index in [1.165, 1.54) is 0 Å². The summed E-state index contributed by atoms with van der Waals surface area (Å²) in [6.07, 6.45) is 0. The molecule has 0 saturated carbocycles. The number of aryl methyl sites for hydroxylation is 1. The lowest BCUT2D eigenvalue weighted by Gasteiger charge is -2.15. The summed E-state index contributed by atoms with van der Waals surface area (Å²) >= 11 is 9.52. The van der Waals surface area contributed by atoms with Gasteiger partial charge in [-0.2, -0.15) is 0 Å². The number of anilines is 1. The van der Waals surface area contributed by atoms with Crippen molar-refractivity contribution in [1.82, 2.24) is 10.6 Å². The van der Waals surface area contributed by atoms with Crippen LogP contribution in [0.15, 0.2) is 46.9 Å². The summed E-state index contributed by atoms with van der Waals surface area (Å²) in [5.74, 6) is -0.533. The lowest BCUT2D eigenvalue weighted by molar-refractivity contribution is -0.123. The number of hydrogen-bond acceptors (Lipinski definition) is 3. The average molecular weight is 439 g/mol. The minimum atomic E-state index is -0.275. The van der Waals surface area contributed by atoms with E-state index in [2.05, 4.69) is 31.9 Å². The summed E-state index contributed by atoms with van der Waals surface area (Å²) in [7, 11) is 0. The fourth-order valence-corrected chi connectivity index (χ4v) is 3.16. The van der Waals surface area contributed by atoms with E-state index in [1.807, 2.05) is 56.3 Å². The summed E-state index contributed by atoms with van der Waals surface area (Å²) in [5, 5.41) is 9.12. The van der Waals surface area contributed by atoms with Crippen LogP contribution in [0.25, 0.3) is 0 Å². The molecule has 0 saturated heterocycles. The molecule has 2 aromatic carbocycles.